The van der Waals surface area contributed by atoms with Crippen LogP contribution in [0, 0.1) is 5.41 Å². The number of hydrogen-bond acceptors (Lipinski definition) is 4. The third kappa shape index (κ3) is 3.80. The average molecular weight is 281 g/mol. The lowest BCUT2D eigenvalue weighted by Crippen LogP contribution is -2.61. The first-order chi connectivity index (χ1) is 7.62. The summed E-state index contributed by atoms with van der Waals surface area (Å²) in [5.74, 6) is -0.765. The van der Waals surface area contributed by atoms with E-state index in [-0.39, 0.29) is 10.7 Å². The van der Waals surface area contributed by atoms with Crippen LogP contribution >= 0.6 is 24.4 Å². The van der Waals surface area contributed by atoms with Gasteiger partial charge >= 0.3 is 5.97 Å². The van der Waals surface area contributed by atoms with E-state index in [4.69, 9.17) is 0 Å². The van der Waals surface area contributed by atoms with E-state index in [0.717, 1.165) is 0 Å². The van der Waals surface area contributed by atoms with Gasteiger partial charge in [0, 0.05) is 10.7 Å². The molecule has 0 radical (unpaired) electrons. The maximum atomic E-state index is 11.5. The van der Waals surface area contributed by atoms with Gasteiger partial charge in [-0.1, -0.05) is 20.8 Å². The van der Waals surface area contributed by atoms with Crippen molar-refractivity contribution in [3.05, 3.63) is 0 Å². The van der Waals surface area contributed by atoms with Crippen LogP contribution in [0.2, 0.25) is 0 Å². The Kier molecular flexibility index (Phi) is 8.63. The van der Waals surface area contributed by atoms with Crippen LogP contribution in [0.4, 0.5) is 0 Å². The van der Waals surface area contributed by atoms with Crippen molar-refractivity contribution < 1.29 is 9.90 Å². The minimum Gasteiger partial charge on any atom is -0.480 e. The van der Waals surface area contributed by atoms with Crippen molar-refractivity contribution in [2.45, 2.75) is 38.5 Å². The maximum Gasteiger partial charge on any atom is 0.324 e. The van der Waals surface area contributed by atoms with Gasteiger partial charge in [0.05, 0.1) is 0 Å². The number of thiol groups is 1. The fraction of sp³-hybridized carbons (Fsp3) is 0.917. The SMILES string of the molecule is CS.CSC(C)C(C)(C)[C@@](C)(C(=O)O)N(C)C. The van der Waals surface area contributed by atoms with E-state index in [1.165, 1.54) is 0 Å². The van der Waals surface area contributed by atoms with Gasteiger partial charge in [-0.25, -0.2) is 0 Å². The third-order valence-electron chi connectivity index (χ3n) is 3.94. The van der Waals surface area contributed by atoms with E-state index < -0.39 is 11.5 Å². The number of carboxylic acid groups (broad SMARTS) is 1. The molecular weight excluding hydrogens is 254 g/mol. The van der Waals surface area contributed by atoms with Crippen LogP contribution in [-0.2, 0) is 4.79 Å². The summed E-state index contributed by atoms with van der Waals surface area (Å²) in [7, 11) is 3.64. The van der Waals surface area contributed by atoms with Gasteiger partial charge in [-0.05, 0) is 33.5 Å². The zero-order valence-electron chi connectivity index (χ0n) is 12.2. The fourth-order valence-corrected chi connectivity index (χ4v) is 2.55. The number of carboxylic acids is 1. The standard InChI is InChI=1S/C11H23NO2S.CH4S/c1-8(15-7)10(2,3)11(4,9(13)14)12(5)6;1-2/h8H,1-7H3,(H,13,14);2H,1H3/t8?,11-;/m1./s1. The molecule has 1 unspecified atom stereocenters. The van der Waals surface area contributed by atoms with Crippen LogP contribution in [0.1, 0.15) is 27.7 Å². The summed E-state index contributed by atoms with van der Waals surface area (Å²) >= 11 is 5.23. The molecule has 5 heteroatoms. The van der Waals surface area contributed by atoms with Crippen LogP contribution in [0.25, 0.3) is 0 Å². The fourth-order valence-electron chi connectivity index (χ4n) is 1.73. The summed E-state index contributed by atoms with van der Waals surface area (Å²) in [4.78, 5) is 13.3. The lowest BCUT2D eigenvalue weighted by atomic mass is 9.70. The smallest absolute Gasteiger partial charge is 0.324 e. The molecule has 0 bridgehead atoms. The summed E-state index contributed by atoms with van der Waals surface area (Å²) in [6, 6.07) is 0. The Hall–Kier alpha value is 0.130. The molecule has 0 spiro atoms. The maximum absolute atomic E-state index is 11.5. The topological polar surface area (TPSA) is 40.5 Å². The Labute approximate surface area is 116 Å². The number of carbonyl (C=O) groups is 1. The van der Waals surface area contributed by atoms with E-state index in [1.54, 1.807) is 29.8 Å². The summed E-state index contributed by atoms with van der Waals surface area (Å²) in [5.41, 5.74) is -1.16. The van der Waals surface area contributed by atoms with Crippen molar-refractivity contribution in [1.29, 1.82) is 0 Å². The van der Waals surface area contributed by atoms with Crippen molar-refractivity contribution in [3.63, 3.8) is 0 Å². The predicted molar refractivity (Wildman–Crippen MR) is 81.4 cm³/mol. The van der Waals surface area contributed by atoms with E-state index in [9.17, 15) is 9.90 Å². The van der Waals surface area contributed by atoms with Crippen LogP contribution < -0.4 is 0 Å². The summed E-state index contributed by atoms with van der Waals surface area (Å²) in [6.45, 7) is 7.90. The number of aliphatic carboxylic acids is 1. The van der Waals surface area contributed by atoms with Crippen LogP contribution in [0.15, 0.2) is 0 Å². The lowest BCUT2D eigenvalue weighted by molar-refractivity contribution is -0.156. The molecule has 0 amide bonds. The highest BCUT2D eigenvalue weighted by Crippen LogP contribution is 2.42. The number of likely N-dealkylation sites (N-methyl/N-ethyl adjacent to an activating group) is 1. The molecule has 17 heavy (non-hydrogen) atoms. The zero-order chi connectivity index (χ0) is 14.4. The molecule has 2 atom stereocenters. The second-order valence-electron chi connectivity index (χ2n) is 4.87. The molecule has 0 aliphatic heterocycles. The highest BCUT2D eigenvalue weighted by molar-refractivity contribution is 7.99. The van der Waals surface area contributed by atoms with Crippen molar-refractivity contribution in [2.24, 2.45) is 5.41 Å². The molecule has 0 aromatic heterocycles. The minimum absolute atomic E-state index is 0.279. The Morgan fingerprint density at radius 2 is 1.65 bits per heavy atom. The molecule has 0 saturated heterocycles. The average Bonchev–Trinajstić information content (AvgIpc) is 2.28. The quantitative estimate of drug-likeness (QED) is 0.760. The first-order valence-electron chi connectivity index (χ1n) is 5.50. The molecular formula is C12H27NO2S2. The third-order valence-corrected chi connectivity index (χ3v) is 5.23. The molecule has 0 aliphatic rings. The van der Waals surface area contributed by atoms with E-state index in [0.29, 0.717) is 0 Å². The molecule has 0 aromatic rings. The van der Waals surface area contributed by atoms with Gasteiger partial charge < -0.3 is 5.11 Å². The lowest BCUT2D eigenvalue weighted by Gasteiger charge is -2.48. The van der Waals surface area contributed by atoms with E-state index >= 15 is 0 Å². The van der Waals surface area contributed by atoms with Gasteiger partial charge in [-0.15, -0.1) is 0 Å². The number of hydrogen-bond donors (Lipinski definition) is 2. The molecule has 0 aliphatic carbocycles. The molecule has 0 saturated carbocycles. The summed E-state index contributed by atoms with van der Waals surface area (Å²) < 4.78 is 0. The van der Waals surface area contributed by atoms with Gasteiger partial charge in [-0.3, -0.25) is 9.69 Å². The first-order valence-corrected chi connectivity index (χ1v) is 7.69. The molecule has 104 valence electrons. The largest absolute Gasteiger partial charge is 0.480 e. The Balaban J connectivity index is 0. The van der Waals surface area contributed by atoms with Crippen LogP contribution in [0.5, 0.6) is 0 Å². The number of thioether (sulfide) groups is 1. The number of nitrogens with zero attached hydrogens (tertiary/aromatic N) is 1. The molecule has 0 heterocycles. The highest BCUT2D eigenvalue weighted by atomic mass is 32.2. The van der Waals surface area contributed by atoms with Gasteiger partial charge in [-0.2, -0.15) is 24.4 Å². The number of rotatable bonds is 5. The first kappa shape index (κ1) is 19.5. The Morgan fingerprint density at radius 1 is 1.29 bits per heavy atom. The molecule has 0 aromatic carbocycles. The van der Waals surface area contributed by atoms with Crippen LogP contribution in [0.3, 0.4) is 0 Å². The Bertz CT molecular complexity index is 245. The molecule has 1 N–H and O–H groups in total. The second-order valence-corrected chi connectivity index (χ2v) is 6.05. The van der Waals surface area contributed by atoms with Crippen molar-refractivity contribution in [3.8, 4) is 0 Å². The van der Waals surface area contributed by atoms with Gasteiger partial charge in [0.2, 0.25) is 0 Å². The zero-order valence-corrected chi connectivity index (χ0v) is 13.9. The summed E-state index contributed by atoms with van der Waals surface area (Å²) in [6.07, 6.45) is 3.71. The normalized spacial score (nSPS) is 16.8. The Morgan fingerprint density at radius 3 is 1.82 bits per heavy atom. The van der Waals surface area contributed by atoms with Gasteiger partial charge in [0.25, 0.3) is 0 Å². The van der Waals surface area contributed by atoms with Crippen molar-refractivity contribution >= 4 is 30.4 Å². The van der Waals surface area contributed by atoms with Gasteiger partial charge in [0.15, 0.2) is 0 Å². The van der Waals surface area contributed by atoms with E-state index in [2.05, 4.69) is 19.6 Å². The summed E-state index contributed by atoms with van der Waals surface area (Å²) in [5, 5.41) is 9.71. The van der Waals surface area contributed by atoms with Crippen LogP contribution in [-0.4, -0.2) is 53.4 Å². The van der Waals surface area contributed by atoms with Crippen molar-refractivity contribution in [2.75, 3.05) is 26.6 Å². The minimum atomic E-state index is -0.852. The predicted octanol–water partition coefficient (Wildman–Crippen LogP) is 2.72. The van der Waals surface area contributed by atoms with Crippen molar-refractivity contribution in [1.82, 2.24) is 4.90 Å². The highest BCUT2D eigenvalue weighted by Gasteiger charge is 2.51. The molecule has 0 rings (SSSR count). The van der Waals surface area contributed by atoms with Gasteiger partial charge in [0.1, 0.15) is 5.54 Å². The van der Waals surface area contributed by atoms with E-state index in [1.807, 2.05) is 34.2 Å². The monoisotopic (exact) mass is 281 g/mol. The second kappa shape index (κ2) is 7.54. The molecule has 0 fully saturated rings. The molecule has 3 nitrogen and oxygen atoms in total.